The summed E-state index contributed by atoms with van der Waals surface area (Å²) in [6.07, 6.45) is 0. The second-order valence-corrected chi connectivity index (χ2v) is 4.51. The van der Waals surface area contributed by atoms with Crippen molar-refractivity contribution < 1.29 is 19.7 Å². The van der Waals surface area contributed by atoms with Crippen LogP contribution in [-0.2, 0) is 0 Å². The van der Waals surface area contributed by atoms with Crippen molar-refractivity contribution in [2.75, 3.05) is 14.2 Å². The summed E-state index contributed by atoms with van der Waals surface area (Å²) in [4.78, 5) is 7.49. The molecule has 21 heavy (non-hydrogen) atoms. The first-order chi connectivity index (χ1) is 10.1. The molecule has 0 unspecified atom stereocenters. The molecule has 0 fully saturated rings. The van der Waals surface area contributed by atoms with Gasteiger partial charge in [-0.25, -0.2) is 4.98 Å². The van der Waals surface area contributed by atoms with Crippen LogP contribution in [0.15, 0.2) is 30.3 Å². The fraction of sp³-hybridized carbons (Fsp3) is 0.133. The van der Waals surface area contributed by atoms with Gasteiger partial charge in [-0.15, -0.1) is 0 Å². The predicted molar refractivity (Wildman–Crippen MR) is 78.0 cm³/mol. The number of nitrogens with one attached hydrogen (secondary N) is 1. The molecule has 6 nitrogen and oxygen atoms in total. The average Bonchev–Trinajstić information content (AvgIpc) is 2.90. The molecule has 1 aromatic heterocycles. The molecular weight excluding hydrogens is 272 g/mol. The molecule has 0 saturated heterocycles. The number of hydrogen-bond donors (Lipinski definition) is 3. The third-order valence-electron chi connectivity index (χ3n) is 3.22. The Morgan fingerprint density at radius 3 is 2.43 bits per heavy atom. The number of H-pyrrole nitrogens is 1. The number of ether oxygens (including phenoxy) is 2. The lowest BCUT2D eigenvalue weighted by molar-refractivity contribution is 0.356. The van der Waals surface area contributed by atoms with E-state index in [-0.39, 0.29) is 11.5 Å². The number of fused-ring (bicyclic) bond motifs is 1. The number of rotatable bonds is 3. The average molecular weight is 286 g/mol. The fourth-order valence-electron chi connectivity index (χ4n) is 2.18. The number of phenolic OH excluding ortho intramolecular Hbond substituents is 2. The lowest BCUT2D eigenvalue weighted by Gasteiger charge is -2.06. The summed E-state index contributed by atoms with van der Waals surface area (Å²) in [5.74, 6) is 1.70. The molecule has 6 heteroatoms. The van der Waals surface area contributed by atoms with E-state index in [2.05, 4.69) is 9.97 Å². The van der Waals surface area contributed by atoms with Crippen LogP contribution in [0.2, 0.25) is 0 Å². The number of aromatic amines is 1. The van der Waals surface area contributed by atoms with Crippen molar-refractivity contribution >= 4 is 11.0 Å². The Morgan fingerprint density at radius 2 is 1.71 bits per heavy atom. The summed E-state index contributed by atoms with van der Waals surface area (Å²) in [7, 11) is 3.11. The van der Waals surface area contributed by atoms with Crippen LogP contribution in [0.4, 0.5) is 0 Å². The summed E-state index contributed by atoms with van der Waals surface area (Å²) < 4.78 is 10.5. The maximum absolute atomic E-state index is 9.89. The van der Waals surface area contributed by atoms with Crippen molar-refractivity contribution in [2.45, 2.75) is 0 Å². The molecule has 3 aromatic rings. The van der Waals surface area contributed by atoms with E-state index >= 15 is 0 Å². The van der Waals surface area contributed by atoms with Gasteiger partial charge in [-0.1, -0.05) is 0 Å². The minimum atomic E-state index is 0.0331. The van der Waals surface area contributed by atoms with Crippen molar-refractivity contribution in [3.8, 4) is 34.4 Å². The first kappa shape index (κ1) is 13.1. The Labute approximate surface area is 120 Å². The summed E-state index contributed by atoms with van der Waals surface area (Å²) in [5.41, 5.74) is 1.83. The van der Waals surface area contributed by atoms with E-state index in [1.807, 2.05) is 0 Å². The van der Waals surface area contributed by atoms with Crippen LogP contribution in [0.3, 0.4) is 0 Å². The zero-order chi connectivity index (χ0) is 15.0. The summed E-state index contributed by atoms with van der Waals surface area (Å²) in [6.45, 7) is 0. The third-order valence-corrected chi connectivity index (χ3v) is 3.22. The maximum Gasteiger partial charge on any atom is 0.163 e. The van der Waals surface area contributed by atoms with Crippen LogP contribution in [-0.4, -0.2) is 34.4 Å². The maximum atomic E-state index is 9.89. The minimum absolute atomic E-state index is 0.0331. The fourth-order valence-corrected chi connectivity index (χ4v) is 2.18. The van der Waals surface area contributed by atoms with Gasteiger partial charge in [0.2, 0.25) is 0 Å². The number of benzene rings is 2. The van der Waals surface area contributed by atoms with Gasteiger partial charge in [-0.3, -0.25) is 0 Å². The smallest absolute Gasteiger partial charge is 0.163 e. The largest absolute Gasteiger partial charge is 0.508 e. The van der Waals surface area contributed by atoms with Gasteiger partial charge in [0.25, 0.3) is 0 Å². The SMILES string of the molecule is COc1cc2nc(-c3cc(O)ccc3O)[nH]c2cc1OC. The normalized spacial score (nSPS) is 10.8. The Morgan fingerprint density at radius 1 is 1.00 bits per heavy atom. The second kappa shape index (κ2) is 4.90. The van der Waals surface area contributed by atoms with E-state index in [0.717, 1.165) is 5.52 Å². The lowest BCUT2D eigenvalue weighted by Crippen LogP contribution is -1.89. The highest BCUT2D eigenvalue weighted by Crippen LogP contribution is 2.35. The molecule has 0 saturated carbocycles. The highest BCUT2D eigenvalue weighted by atomic mass is 16.5. The highest BCUT2D eigenvalue weighted by Gasteiger charge is 2.13. The van der Waals surface area contributed by atoms with Crippen LogP contribution < -0.4 is 9.47 Å². The Kier molecular flexibility index (Phi) is 3.06. The van der Waals surface area contributed by atoms with Crippen LogP contribution >= 0.6 is 0 Å². The minimum Gasteiger partial charge on any atom is -0.508 e. The number of hydrogen-bond acceptors (Lipinski definition) is 5. The molecule has 3 rings (SSSR count). The lowest BCUT2D eigenvalue weighted by atomic mass is 10.2. The monoisotopic (exact) mass is 286 g/mol. The van der Waals surface area contributed by atoms with Gasteiger partial charge in [0.05, 0.1) is 30.8 Å². The Balaban J connectivity index is 2.19. The van der Waals surface area contributed by atoms with Crippen LogP contribution in [0, 0.1) is 0 Å². The van der Waals surface area contributed by atoms with Crippen LogP contribution in [0.1, 0.15) is 0 Å². The van der Waals surface area contributed by atoms with E-state index in [1.165, 1.54) is 18.2 Å². The summed E-state index contributed by atoms with van der Waals surface area (Å²) in [6, 6.07) is 7.78. The van der Waals surface area contributed by atoms with Crippen molar-refractivity contribution in [2.24, 2.45) is 0 Å². The molecule has 3 N–H and O–H groups in total. The van der Waals surface area contributed by atoms with Crippen molar-refractivity contribution in [1.82, 2.24) is 9.97 Å². The van der Waals surface area contributed by atoms with Crippen LogP contribution in [0.25, 0.3) is 22.4 Å². The van der Waals surface area contributed by atoms with Gasteiger partial charge < -0.3 is 24.7 Å². The predicted octanol–water partition coefficient (Wildman–Crippen LogP) is 2.66. The van der Waals surface area contributed by atoms with Gasteiger partial charge in [-0.2, -0.15) is 0 Å². The van der Waals surface area contributed by atoms with E-state index in [4.69, 9.17) is 9.47 Å². The summed E-state index contributed by atoms with van der Waals surface area (Å²) >= 11 is 0. The van der Waals surface area contributed by atoms with Crippen molar-refractivity contribution in [3.05, 3.63) is 30.3 Å². The quantitative estimate of drug-likeness (QED) is 0.644. The molecule has 0 amide bonds. The third kappa shape index (κ3) is 2.20. The number of phenols is 2. The van der Waals surface area contributed by atoms with Gasteiger partial charge in [0.15, 0.2) is 11.5 Å². The molecule has 0 radical (unpaired) electrons. The van der Waals surface area contributed by atoms with Crippen LogP contribution in [0.5, 0.6) is 23.0 Å². The molecule has 108 valence electrons. The zero-order valence-corrected chi connectivity index (χ0v) is 11.5. The molecule has 0 bridgehead atoms. The molecular formula is C15H14N2O4. The van der Waals surface area contributed by atoms with E-state index in [1.54, 1.807) is 26.4 Å². The Bertz CT molecular complexity index is 770. The Hall–Kier alpha value is -2.89. The van der Waals surface area contributed by atoms with E-state index in [0.29, 0.717) is 28.4 Å². The molecule has 0 aliphatic rings. The van der Waals surface area contributed by atoms with Gasteiger partial charge in [-0.05, 0) is 18.2 Å². The van der Waals surface area contributed by atoms with Gasteiger partial charge >= 0.3 is 0 Å². The first-order valence-electron chi connectivity index (χ1n) is 6.26. The topological polar surface area (TPSA) is 87.6 Å². The molecule has 0 spiro atoms. The second-order valence-electron chi connectivity index (χ2n) is 4.51. The number of imidazole rings is 1. The summed E-state index contributed by atoms with van der Waals surface area (Å²) in [5, 5.41) is 19.4. The van der Waals surface area contributed by atoms with Crippen molar-refractivity contribution in [3.63, 3.8) is 0 Å². The number of nitrogens with zero attached hydrogens (tertiary/aromatic N) is 1. The molecule has 2 aromatic carbocycles. The highest BCUT2D eigenvalue weighted by molar-refractivity contribution is 5.84. The first-order valence-corrected chi connectivity index (χ1v) is 6.26. The molecule has 0 aliphatic heterocycles. The number of methoxy groups -OCH3 is 2. The van der Waals surface area contributed by atoms with E-state index < -0.39 is 0 Å². The van der Waals surface area contributed by atoms with Crippen molar-refractivity contribution in [1.29, 1.82) is 0 Å². The molecule has 1 heterocycles. The molecule has 0 atom stereocenters. The molecule has 0 aliphatic carbocycles. The van der Waals surface area contributed by atoms with Gasteiger partial charge in [0.1, 0.15) is 17.3 Å². The number of aromatic nitrogens is 2. The number of aromatic hydroxyl groups is 2. The standard InChI is InChI=1S/C15H14N2O4/c1-20-13-6-10-11(7-14(13)21-2)17-15(16-10)9-5-8(18)3-4-12(9)19/h3-7,18-19H,1-2H3,(H,16,17). The van der Waals surface area contributed by atoms with Gasteiger partial charge in [0, 0.05) is 12.1 Å². The zero-order valence-electron chi connectivity index (χ0n) is 11.5. The van der Waals surface area contributed by atoms with E-state index in [9.17, 15) is 10.2 Å².